The zero-order valence-corrected chi connectivity index (χ0v) is 32.4. The van der Waals surface area contributed by atoms with Crippen molar-refractivity contribution in [2.24, 2.45) is 27.7 Å². The zero-order valence-electron chi connectivity index (χ0n) is 30.8. The zero-order chi connectivity index (χ0) is 38.0. The summed E-state index contributed by atoms with van der Waals surface area (Å²) in [5, 5.41) is 16.6. The molecule has 0 aliphatic carbocycles. The Labute approximate surface area is 316 Å². The summed E-state index contributed by atoms with van der Waals surface area (Å²) in [5.41, 5.74) is 1.34. The van der Waals surface area contributed by atoms with Gasteiger partial charge in [0.25, 0.3) is 11.8 Å². The number of benzene rings is 1. The van der Waals surface area contributed by atoms with Crippen LogP contribution in [0.2, 0.25) is 0 Å². The van der Waals surface area contributed by atoms with E-state index in [-0.39, 0.29) is 59.4 Å². The minimum Gasteiger partial charge on any atom is -0.477 e. The molecule has 4 amide bonds. The quantitative estimate of drug-likeness (QED) is 0.300. The van der Waals surface area contributed by atoms with Gasteiger partial charge in [-0.2, -0.15) is 0 Å². The Morgan fingerprint density at radius 1 is 0.717 bits per heavy atom. The third kappa shape index (κ3) is 8.59. The molecule has 1 unspecified atom stereocenters. The third-order valence-corrected chi connectivity index (χ3v) is 11.2. The number of ether oxygens (including phenoxy) is 2. The van der Waals surface area contributed by atoms with Gasteiger partial charge in [0.15, 0.2) is 12.1 Å². The topological polar surface area (TPSA) is 185 Å². The fourth-order valence-electron chi connectivity index (χ4n) is 6.26. The molecule has 0 fully saturated rings. The first-order valence-electron chi connectivity index (χ1n) is 17.9. The number of thiazole rings is 2. The number of nitrogens with zero attached hydrogens (tertiary/aromatic N) is 4. The van der Waals surface area contributed by atoms with Crippen LogP contribution in [0.1, 0.15) is 97.1 Å². The van der Waals surface area contributed by atoms with Crippen molar-refractivity contribution in [3.8, 4) is 0 Å². The Hall–Kier alpha value is -4.70. The molecule has 53 heavy (non-hydrogen) atoms. The van der Waals surface area contributed by atoms with Gasteiger partial charge in [0.05, 0.1) is 12.1 Å². The summed E-state index contributed by atoms with van der Waals surface area (Å²) in [6.45, 7) is 13.4. The minimum atomic E-state index is -0.867. The van der Waals surface area contributed by atoms with E-state index in [0.29, 0.717) is 16.4 Å². The Morgan fingerprint density at radius 3 is 1.92 bits per heavy atom. The lowest BCUT2D eigenvalue weighted by Gasteiger charge is -2.23. The monoisotopic (exact) mass is 762 g/mol. The molecular formula is C37H46N8O6S2. The van der Waals surface area contributed by atoms with Crippen LogP contribution < -0.4 is 21.3 Å². The molecule has 0 saturated carbocycles. The predicted molar refractivity (Wildman–Crippen MR) is 202 cm³/mol. The fraction of sp³-hybridized carbons (Fsp3) is 0.514. The van der Waals surface area contributed by atoms with Crippen molar-refractivity contribution in [3.63, 3.8) is 0 Å². The van der Waals surface area contributed by atoms with Gasteiger partial charge < -0.3 is 30.7 Å². The van der Waals surface area contributed by atoms with Crippen molar-refractivity contribution in [2.75, 3.05) is 6.61 Å². The number of aromatic nitrogens is 2. The van der Waals surface area contributed by atoms with Gasteiger partial charge in [0.1, 0.15) is 46.2 Å². The van der Waals surface area contributed by atoms with E-state index in [1.165, 1.54) is 22.7 Å². The summed E-state index contributed by atoms with van der Waals surface area (Å²) in [7, 11) is 0. The van der Waals surface area contributed by atoms with Gasteiger partial charge in [-0.1, -0.05) is 71.9 Å². The fourth-order valence-corrected chi connectivity index (χ4v) is 8.13. The molecule has 3 aliphatic rings. The number of hydrogen-bond acceptors (Lipinski definition) is 12. The first kappa shape index (κ1) is 38.0. The SMILES string of the molecule is CC(C)C1NC(=O)[C@H]2N=C(O[C@@H]2C)[C@H](C(C)C)NC(=O)c2csc(n2)[C@@H](Cc2ccccc2)NC(=O)[C@@H]2COC(=N2)[C@H](C(C)C)NC(=O)c2csc1n2. The van der Waals surface area contributed by atoms with Crippen LogP contribution in [0.4, 0.5) is 0 Å². The minimum absolute atomic E-state index is 0.00259. The lowest BCUT2D eigenvalue weighted by Crippen LogP contribution is -2.45. The summed E-state index contributed by atoms with van der Waals surface area (Å²) < 4.78 is 12.0. The molecule has 2 aromatic heterocycles. The normalized spacial score (nSPS) is 26.9. The summed E-state index contributed by atoms with van der Waals surface area (Å²) in [5.74, 6) is -1.38. The lowest BCUT2D eigenvalue weighted by atomic mass is 10.0. The van der Waals surface area contributed by atoms with Crippen LogP contribution in [0.3, 0.4) is 0 Å². The first-order chi connectivity index (χ1) is 25.3. The number of amides is 4. The highest BCUT2D eigenvalue weighted by Gasteiger charge is 2.40. The van der Waals surface area contributed by atoms with E-state index >= 15 is 0 Å². The average molecular weight is 763 g/mol. The van der Waals surface area contributed by atoms with E-state index in [1.54, 1.807) is 17.7 Å². The van der Waals surface area contributed by atoms with Crippen LogP contribution in [0.25, 0.3) is 0 Å². The molecule has 7 atom stereocenters. The average Bonchev–Trinajstić information content (AvgIpc) is 3.94. The van der Waals surface area contributed by atoms with Gasteiger partial charge in [-0.15, -0.1) is 22.7 Å². The molecule has 14 nitrogen and oxygen atoms in total. The lowest BCUT2D eigenvalue weighted by molar-refractivity contribution is -0.125. The molecule has 0 spiro atoms. The molecule has 0 saturated heterocycles. The smallest absolute Gasteiger partial charge is 0.271 e. The van der Waals surface area contributed by atoms with Crippen molar-refractivity contribution in [2.45, 2.75) is 97.2 Å². The van der Waals surface area contributed by atoms with Crippen molar-refractivity contribution < 1.29 is 28.7 Å². The van der Waals surface area contributed by atoms with Gasteiger partial charge in [0.2, 0.25) is 23.6 Å². The maximum absolute atomic E-state index is 13.8. The second-order valence-corrected chi connectivity index (χ2v) is 16.3. The van der Waals surface area contributed by atoms with E-state index < -0.39 is 54.2 Å². The standard InChI is InChI=1S/C37H46N8O6S2/c1-17(2)26-34-39-23(14-50-34)30(46)38-22(13-21-11-9-8-10-12-21)36-40-24(15-52-36)31(47)43-27(18(3)4)35-45-29(20(7)51-35)33(49)44-28(19(5)6)37-41-25(16-53-37)32(48)42-26/h8-12,15-20,22-23,26-29H,13-14H2,1-7H3,(H,38,46)(H,42,48)(H,43,47)(H,44,49)/t20-,22-,23+,26+,27+,28?,29+/m1/s1. The maximum atomic E-state index is 13.8. The van der Waals surface area contributed by atoms with Gasteiger partial charge >= 0.3 is 0 Å². The van der Waals surface area contributed by atoms with Crippen molar-refractivity contribution in [1.82, 2.24) is 31.2 Å². The van der Waals surface area contributed by atoms with Crippen molar-refractivity contribution in [3.05, 3.63) is 68.1 Å². The summed E-state index contributed by atoms with van der Waals surface area (Å²) >= 11 is 2.54. The number of carbonyl (C=O) groups excluding carboxylic acids is 4. The van der Waals surface area contributed by atoms with Crippen LogP contribution in [0.15, 0.2) is 51.1 Å². The molecule has 3 aliphatic heterocycles. The molecule has 1 aromatic carbocycles. The molecule has 8 bridgehead atoms. The van der Waals surface area contributed by atoms with Crippen LogP contribution in [-0.4, -0.2) is 82.3 Å². The molecular weight excluding hydrogens is 717 g/mol. The number of hydrogen-bond donors (Lipinski definition) is 4. The van der Waals surface area contributed by atoms with Crippen LogP contribution >= 0.6 is 22.7 Å². The molecule has 6 rings (SSSR count). The van der Waals surface area contributed by atoms with E-state index in [9.17, 15) is 19.2 Å². The van der Waals surface area contributed by atoms with Gasteiger partial charge in [0, 0.05) is 10.8 Å². The molecule has 4 N–H and O–H groups in total. The van der Waals surface area contributed by atoms with E-state index in [0.717, 1.165) is 5.56 Å². The molecule has 3 aromatic rings. The van der Waals surface area contributed by atoms with Crippen LogP contribution in [0.5, 0.6) is 0 Å². The first-order valence-corrected chi connectivity index (χ1v) is 19.7. The number of carbonyl (C=O) groups is 4. The Bertz CT molecular complexity index is 1890. The highest BCUT2D eigenvalue weighted by Crippen LogP contribution is 2.28. The van der Waals surface area contributed by atoms with Crippen LogP contribution in [0, 0.1) is 17.8 Å². The summed E-state index contributed by atoms with van der Waals surface area (Å²) in [4.78, 5) is 73.3. The highest BCUT2D eigenvalue weighted by molar-refractivity contribution is 7.10. The Kier molecular flexibility index (Phi) is 11.6. The molecule has 282 valence electrons. The molecule has 5 heterocycles. The van der Waals surface area contributed by atoms with Gasteiger partial charge in [-0.25, -0.2) is 20.0 Å². The second-order valence-electron chi connectivity index (χ2n) is 14.5. The van der Waals surface area contributed by atoms with Crippen molar-refractivity contribution in [1.29, 1.82) is 0 Å². The Balaban J connectivity index is 1.36. The maximum Gasteiger partial charge on any atom is 0.271 e. The third-order valence-electron chi connectivity index (χ3n) is 9.34. The van der Waals surface area contributed by atoms with Gasteiger partial charge in [-0.05, 0) is 36.7 Å². The highest BCUT2D eigenvalue weighted by atomic mass is 32.1. The molecule has 0 radical (unpaired) electrons. The number of nitrogens with one attached hydrogen (secondary N) is 4. The predicted octanol–water partition coefficient (Wildman–Crippen LogP) is 4.02. The second kappa shape index (κ2) is 16.1. The van der Waals surface area contributed by atoms with E-state index in [2.05, 4.69) is 41.2 Å². The summed E-state index contributed by atoms with van der Waals surface area (Å²) in [6, 6.07) is 5.62. The van der Waals surface area contributed by atoms with Crippen LogP contribution in [-0.2, 0) is 25.5 Å². The number of fused-ring (bicyclic) bond motifs is 6. The number of rotatable bonds is 5. The number of aliphatic imine (C=N–C) groups is 2. The largest absolute Gasteiger partial charge is 0.477 e. The Morgan fingerprint density at radius 2 is 1.30 bits per heavy atom. The van der Waals surface area contributed by atoms with E-state index in [4.69, 9.17) is 9.47 Å². The van der Waals surface area contributed by atoms with E-state index in [1.807, 2.05) is 71.9 Å². The van der Waals surface area contributed by atoms with Crippen molar-refractivity contribution >= 4 is 58.1 Å². The molecule has 16 heteroatoms. The van der Waals surface area contributed by atoms with Gasteiger partial charge in [-0.3, -0.25) is 19.2 Å². The summed E-state index contributed by atoms with van der Waals surface area (Å²) in [6.07, 6.45) is -0.172.